The summed E-state index contributed by atoms with van der Waals surface area (Å²) in [6.07, 6.45) is 0.832. The highest BCUT2D eigenvalue weighted by atomic mass is 16.6. The molecule has 0 aliphatic carbocycles. The number of anilines is 1. The normalized spacial score (nSPS) is 12.7. The number of nitrogens with zero attached hydrogens (tertiary/aromatic N) is 3. The molecule has 0 radical (unpaired) electrons. The number of aryl methyl sites for hydroxylation is 2. The molecule has 1 aromatic heterocycles. The lowest BCUT2D eigenvalue weighted by atomic mass is 10.1. The third kappa shape index (κ3) is 3.44. The fraction of sp³-hybridized carbons (Fsp3) is 0.750. The third-order valence-corrected chi connectivity index (χ3v) is 3.04. The van der Waals surface area contributed by atoms with Crippen molar-refractivity contribution in [1.82, 2.24) is 9.78 Å². The van der Waals surface area contributed by atoms with Gasteiger partial charge in [-0.05, 0) is 19.3 Å². The van der Waals surface area contributed by atoms with Crippen molar-refractivity contribution in [3.05, 3.63) is 15.8 Å². The molecule has 1 heterocycles. The number of aromatic nitrogens is 2. The van der Waals surface area contributed by atoms with E-state index in [9.17, 15) is 15.2 Å². The van der Waals surface area contributed by atoms with E-state index in [0.717, 1.165) is 6.42 Å². The third-order valence-electron chi connectivity index (χ3n) is 3.04. The van der Waals surface area contributed by atoms with Crippen LogP contribution in [-0.4, -0.2) is 32.5 Å². The highest BCUT2D eigenvalue weighted by Crippen LogP contribution is 2.29. The van der Waals surface area contributed by atoms with Gasteiger partial charge in [-0.3, -0.25) is 10.1 Å². The van der Waals surface area contributed by atoms with Gasteiger partial charge in [0.05, 0.1) is 17.6 Å². The Balaban J connectivity index is 3.17. The molecule has 0 aliphatic rings. The lowest BCUT2D eigenvalue weighted by Crippen LogP contribution is -2.31. The van der Waals surface area contributed by atoms with Crippen molar-refractivity contribution in [2.24, 2.45) is 5.92 Å². The zero-order valence-corrected chi connectivity index (χ0v) is 11.9. The van der Waals surface area contributed by atoms with Gasteiger partial charge in [-0.15, -0.1) is 0 Å². The number of nitro groups is 1. The molecule has 7 heteroatoms. The summed E-state index contributed by atoms with van der Waals surface area (Å²) in [5, 5.41) is 27.8. The molecule has 0 amide bonds. The average Bonchev–Trinajstić information content (AvgIpc) is 2.62. The first kappa shape index (κ1) is 15.4. The zero-order valence-electron chi connectivity index (χ0n) is 11.9. The lowest BCUT2D eigenvalue weighted by Gasteiger charge is -2.21. The molecule has 1 atom stereocenters. The van der Waals surface area contributed by atoms with E-state index < -0.39 is 4.92 Å². The van der Waals surface area contributed by atoms with Crippen molar-refractivity contribution in [3.8, 4) is 0 Å². The minimum Gasteiger partial charge on any atom is -0.394 e. The van der Waals surface area contributed by atoms with Gasteiger partial charge in [0.25, 0.3) is 0 Å². The van der Waals surface area contributed by atoms with Crippen LogP contribution in [0.3, 0.4) is 0 Å². The Morgan fingerprint density at radius 2 is 2.16 bits per heavy atom. The topological polar surface area (TPSA) is 93.2 Å². The van der Waals surface area contributed by atoms with Gasteiger partial charge >= 0.3 is 5.69 Å². The molecule has 0 fully saturated rings. The van der Waals surface area contributed by atoms with Gasteiger partial charge < -0.3 is 10.4 Å². The maximum absolute atomic E-state index is 11.1. The van der Waals surface area contributed by atoms with Crippen molar-refractivity contribution in [2.45, 2.75) is 46.7 Å². The molecule has 7 nitrogen and oxygen atoms in total. The molecule has 0 aliphatic heterocycles. The zero-order chi connectivity index (χ0) is 14.6. The van der Waals surface area contributed by atoms with Crippen LogP contribution in [-0.2, 0) is 6.54 Å². The van der Waals surface area contributed by atoms with Gasteiger partial charge in [0.15, 0.2) is 0 Å². The average molecular weight is 270 g/mol. The minimum absolute atomic E-state index is 0.00690. The van der Waals surface area contributed by atoms with Crippen LogP contribution in [0.15, 0.2) is 0 Å². The Labute approximate surface area is 112 Å². The molecule has 0 spiro atoms. The summed E-state index contributed by atoms with van der Waals surface area (Å²) in [6, 6.07) is -0.231. The van der Waals surface area contributed by atoms with Crippen molar-refractivity contribution in [3.63, 3.8) is 0 Å². The fourth-order valence-electron chi connectivity index (χ4n) is 1.91. The number of hydrogen-bond donors (Lipinski definition) is 2. The monoisotopic (exact) mass is 270 g/mol. The van der Waals surface area contributed by atoms with Crippen LogP contribution in [0.5, 0.6) is 0 Å². The van der Waals surface area contributed by atoms with E-state index in [1.807, 2.05) is 20.8 Å². The number of nitrogens with one attached hydrogen (secondary N) is 1. The minimum atomic E-state index is -0.425. The highest BCUT2D eigenvalue weighted by Gasteiger charge is 2.27. The molecule has 0 saturated heterocycles. The summed E-state index contributed by atoms with van der Waals surface area (Å²) in [5.41, 5.74) is 0.383. The van der Waals surface area contributed by atoms with Gasteiger partial charge in [0, 0.05) is 6.54 Å². The van der Waals surface area contributed by atoms with Crippen LogP contribution in [0.25, 0.3) is 0 Å². The first-order chi connectivity index (χ1) is 8.92. The molecule has 0 saturated carbocycles. The predicted octanol–water partition coefficient (Wildman–Crippen LogP) is 1.94. The van der Waals surface area contributed by atoms with E-state index in [0.29, 0.717) is 18.1 Å². The van der Waals surface area contributed by atoms with Crippen LogP contribution in [0.2, 0.25) is 0 Å². The van der Waals surface area contributed by atoms with E-state index in [-0.39, 0.29) is 24.3 Å². The molecule has 0 bridgehead atoms. The molecule has 1 aromatic rings. The van der Waals surface area contributed by atoms with Crippen molar-refractivity contribution in [1.29, 1.82) is 0 Å². The highest BCUT2D eigenvalue weighted by molar-refractivity contribution is 5.60. The number of aliphatic hydroxyl groups excluding tert-OH is 1. The second kappa shape index (κ2) is 6.51. The number of rotatable bonds is 7. The summed E-state index contributed by atoms with van der Waals surface area (Å²) < 4.78 is 1.61. The molecule has 0 unspecified atom stereocenters. The summed E-state index contributed by atoms with van der Waals surface area (Å²) >= 11 is 0. The van der Waals surface area contributed by atoms with Crippen molar-refractivity contribution >= 4 is 11.5 Å². The van der Waals surface area contributed by atoms with E-state index in [1.165, 1.54) is 0 Å². The van der Waals surface area contributed by atoms with Crippen molar-refractivity contribution < 1.29 is 10.0 Å². The number of hydrogen-bond acceptors (Lipinski definition) is 5. The smallest absolute Gasteiger partial charge is 0.333 e. The largest absolute Gasteiger partial charge is 0.394 e. The Morgan fingerprint density at radius 3 is 2.58 bits per heavy atom. The van der Waals surface area contributed by atoms with Crippen LogP contribution in [0, 0.1) is 23.0 Å². The molecule has 1 rings (SSSR count). The Hall–Kier alpha value is -1.63. The summed E-state index contributed by atoms with van der Waals surface area (Å²) in [6.45, 7) is 8.04. The summed E-state index contributed by atoms with van der Waals surface area (Å²) in [7, 11) is 0. The SMILES string of the molecule is CCCn1nc(C)c([N+](=O)[O-])c1N[C@H](CO)C(C)C. The standard InChI is InChI=1S/C12H22N4O3/c1-5-6-15-12(13-10(7-17)8(2)3)11(16(18)19)9(4)14-15/h8,10,13,17H,5-7H2,1-4H3/t10-/m1/s1. The van der Waals surface area contributed by atoms with E-state index >= 15 is 0 Å². The maximum Gasteiger partial charge on any atom is 0.333 e. The van der Waals surface area contributed by atoms with Crippen LogP contribution >= 0.6 is 0 Å². The van der Waals surface area contributed by atoms with Gasteiger partial charge in [-0.1, -0.05) is 20.8 Å². The lowest BCUT2D eigenvalue weighted by molar-refractivity contribution is -0.384. The van der Waals surface area contributed by atoms with Gasteiger partial charge in [0.2, 0.25) is 5.82 Å². The summed E-state index contributed by atoms with van der Waals surface area (Å²) in [4.78, 5) is 10.7. The quantitative estimate of drug-likeness (QED) is 0.583. The van der Waals surface area contributed by atoms with Gasteiger partial charge in [0.1, 0.15) is 5.69 Å². The van der Waals surface area contributed by atoms with Crippen LogP contribution in [0.1, 0.15) is 32.9 Å². The first-order valence-electron chi connectivity index (χ1n) is 6.51. The Kier molecular flexibility index (Phi) is 5.29. The molecule has 108 valence electrons. The van der Waals surface area contributed by atoms with Crippen molar-refractivity contribution in [2.75, 3.05) is 11.9 Å². The second-order valence-electron chi connectivity index (χ2n) is 4.94. The molecular weight excluding hydrogens is 248 g/mol. The molecule has 2 N–H and O–H groups in total. The first-order valence-corrected chi connectivity index (χ1v) is 6.51. The van der Waals surface area contributed by atoms with Gasteiger partial charge in [-0.25, -0.2) is 4.68 Å². The summed E-state index contributed by atoms with van der Waals surface area (Å²) in [5.74, 6) is 0.548. The second-order valence-corrected chi connectivity index (χ2v) is 4.94. The van der Waals surface area contributed by atoms with E-state index in [4.69, 9.17) is 0 Å². The van der Waals surface area contributed by atoms with E-state index in [2.05, 4.69) is 10.4 Å². The molecule has 19 heavy (non-hydrogen) atoms. The Morgan fingerprint density at radius 1 is 1.53 bits per heavy atom. The van der Waals surface area contributed by atoms with E-state index in [1.54, 1.807) is 11.6 Å². The number of aliphatic hydroxyl groups is 1. The fourth-order valence-corrected chi connectivity index (χ4v) is 1.91. The predicted molar refractivity (Wildman–Crippen MR) is 73.2 cm³/mol. The Bertz CT molecular complexity index is 442. The molecule has 0 aromatic carbocycles. The van der Waals surface area contributed by atoms with Crippen LogP contribution < -0.4 is 5.32 Å². The van der Waals surface area contributed by atoms with Crippen LogP contribution in [0.4, 0.5) is 11.5 Å². The molecular formula is C12H22N4O3. The van der Waals surface area contributed by atoms with Gasteiger partial charge in [-0.2, -0.15) is 5.10 Å². The maximum atomic E-state index is 11.1.